The van der Waals surface area contributed by atoms with Gasteiger partial charge in [0.2, 0.25) is 0 Å². The molecular weight excluding hydrogens is 200 g/mol. The van der Waals surface area contributed by atoms with Gasteiger partial charge in [-0.15, -0.1) is 0 Å². The number of rotatable bonds is 5. The average Bonchev–Trinajstić information content (AvgIpc) is 2.20. The van der Waals surface area contributed by atoms with E-state index in [0.717, 1.165) is 0 Å². The van der Waals surface area contributed by atoms with Gasteiger partial charge in [-0.2, -0.15) is 0 Å². The molecule has 0 unspecified atom stereocenters. The van der Waals surface area contributed by atoms with E-state index in [9.17, 15) is 0 Å². The molecule has 0 aliphatic heterocycles. The molecule has 14 heavy (non-hydrogen) atoms. The van der Waals surface area contributed by atoms with Crippen LogP contribution in [0.4, 0.5) is 0 Å². The molecule has 1 aromatic carbocycles. The number of halogens is 1. The van der Waals surface area contributed by atoms with Crippen molar-refractivity contribution in [2.24, 2.45) is 0 Å². The minimum atomic E-state index is 0.507. The summed E-state index contributed by atoms with van der Waals surface area (Å²) in [7, 11) is 1.65. The first-order chi connectivity index (χ1) is 6.84. The molecule has 0 atom stereocenters. The van der Waals surface area contributed by atoms with Crippen LogP contribution in [0.2, 0.25) is 5.02 Å². The van der Waals surface area contributed by atoms with Gasteiger partial charge in [0.15, 0.2) is 0 Å². The van der Waals surface area contributed by atoms with E-state index >= 15 is 0 Å². The molecule has 76 valence electrons. The Morgan fingerprint density at radius 1 is 1.21 bits per heavy atom. The van der Waals surface area contributed by atoms with Crippen LogP contribution in [0, 0.1) is 0 Å². The van der Waals surface area contributed by atoms with Crippen molar-refractivity contribution in [2.75, 3.05) is 20.3 Å². The molecule has 2 nitrogen and oxygen atoms in total. The van der Waals surface area contributed by atoms with Crippen molar-refractivity contribution in [1.29, 1.82) is 0 Å². The average molecular weight is 213 g/mol. The van der Waals surface area contributed by atoms with Crippen LogP contribution < -0.4 is 4.74 Å². The molecule has 0 radical (unpaired) electrons. The minimum Gasteiger partial charge on any atom is -0.488 e. The lowest BCUT2D eigenvalue weighted by Crippen LogP contribution is -1.94. The number of hydrogen-bond acceptors (Lipinski definition) is 2. The second-order valence-electron chi connectivity index (χ2n) is 2.67. The second-order valence-corrected chi connectivity index (χ2v) is 3.08. The van der Waals surface area contributed by atoms with E-state index in [1.54, 1.807) is 13.2 Å². The van der Waals surface area contributed by atoms with E-state index in [0.29, 0.717) is 24.0 Å². The van der Waals surface area contributed by atoms with Crippen LogP contribution >= 0.6 is 11.6 Å². The van der Waals surface area contributed by atoms with Crippen LogP contribution in [-0.2, 0) is 4.74 Å². The van der Waals surface area contributed by atoms with Crippen molar-refractivity contribution in [1.82, 2.24) is 0 Å². The molecule has 0 aliphatic rings. The Morgan fingerprint density at radius 2 is 1.93 bits per heavy atom. The molecule has 0 saturated carbocycles. The number of para-hydroxylation sites is 1. The van der Waals surface area contributed by atoms with Crippen LogP contribution in [0.25, 0.3) is 0 Å². The fourth-order valence-corrected chi connectivity index (χ4v) is 1.12. The van der Waals surface area contributed by atoms with Gasteiger partial charge >= 0.3 is 0 Å². The monoisotopic (exact) mass is 212 g/mol. The van der Waals surface area contributed by atoms with E-state index in [-0.39, 0.29) is 0 Å². The number of benzene rings is 1. The Kier molecular flexibility index (Phi) is 5.12. The predicted octanol–water partition coefficient (Wildman–Crippen LogP) is 2.92. The van der Waals surface area contributed by atoms with Gasteiger partial charge in [0.25, 0.3) is 0 Å². The highest BCUT2D eigenvalue weighted by Gasteiger charge is 1.96. The number of methoxy groups -OCH3 is 1. The Bertz CT molecular complexity index is 297. The van der Waals surface area contributed by atoms with E-state index < -0.39 is 0 Å². The normalized spacial score (nSPS) is 10.7. The highest BCUT2D eigenvalue weighted by Crippen LogP contribution is 2.22. The smallest absolute Gasteiger partial charge is 0.138 e. The highest BCUT2D eigenvalue weighted by molar-refractivity contribution is 6.32. The standard InChI is InChI=1S/C11H13ClO2/c1-13-8-4-5-9-14-11-7-3-2-6-10(11)12/h2-7H,8-9H2,1H3. The number of ether oxygens (including phenoxy) is 2. The molecule has 0 spiro atoms. The van der Waals surface area contributed by atoms with Gasteiger partial charge in [0.1, 0.15) is 12.4 Å². The molecule has 0 bridgehead atoms. The Hall–Kier alpha value is -0.990. The zero-order valence-corrected chi connectivity index (χ0v) is 8.83. The van der Waals surface area contributed by atoms with Gasteiger partial charge in [0.05, 0.1) is 11.6 Å². The van der Waals surface area contributed by atoms with Crippen molar-refractivity contribution >= 4 is 11.6 Å². The van der Waals surface area contributed by atoms with Crippen molar-refractivity contribution in [3.63, 3.8) is 0 Å². The van der Waals surface area contributed by atoms with E-state index in [4.69, 9.17) is 21.1 Å². The highest BCUT2D eigenvalue weighted by atomic mass is 35.5. The largest absolute Gasteiger partial charge is 0.488 e. The van der Waals surface area contributed by atoms with Crippen molar-refractivity contribution in [3.05, 3.63) is 41.4 Å². The minimum absolute atomic E-state index is 0.507. The number of hydrogen-bond donors (Lipinski definition) is 0. The van der Waals surface area contributed by atoms with Gasteiger partial charge in [-0.3, -0.25) is 0 Å². The maximum absolute atomic E-state index is 5.89. The van der Waals surface area contributed by atoms with Crippen LogP contribution in [0.15, 0.2) is 36.4 Å². The fourth-order valence-electron chi connectivity index (χ4n) is 0.932. The van der Waals surface area contributed by atoms with Crippen LogP contribution in [0.5, 0.6) is 5.75 Å². The van der Waals surface area contributed by atoms with Gasteiger partial charge in [0, 0.05) is 7.11 Å². The van der Waals surface area contributed by atoms with Crippen LogP contribution in [0.3, 0.4) is 0 Å². The molecule has 0 heterocycles. The fraction of sp³-hybridized carbons (Fsp3) is 0.273. The third-order valence-electron chi connectivity index (χ3n) is 1.60. The Morgan fingerprint density at radius 3 is 2.64 bits per heavy atom. The summed E-state index contributed by atoms with van der Waals surface area (Å²) in [5.74, 6) is 0.705. The SMILES string of the molecule is COCC=CCOc1ccccc1Cl. The summed E-state index contributed by atoms with van der Waals surface area (Å²) >= 11 is 5.89. The first-order valence-electron chi connectivity index (χ1n) is 4.36. The quantitative estimate of drug-likeness (QED) is 0.699. The summed E-state index contributed by atoms with van der Waals surface area (Å²) in [6.07, 6.45) is 3.80. The zero-order chi connectivity index (χ0) is 10.2. The van der Waals surface area contributed by atoms with Crippen LogP contribution in [-0.4, -0.2) is 20.3 Å². The molecule has 1 aromatic rings. The predicted molar refractivity (Wildman–Crippen MR) is 58.0 cm³/mol. The topological polar surface area (TPSA) is 18.5 Å². The summed E-state index contributed by atoms with van der Waals surface area (Å²) in [6, 6.07) is 7.40. The Labute approximate surface area is 89.1 Å². The van der Waals surface area contributed by atoms with E-state index in [2.05, 4.69) is 0 Å². The first kappa shape index (κ1) is 11.1. The lowest BCUT2D eigenvalue weighted by Gasteiger charge is -2.04. The summed E-state index contributed by atoms with van der Waals surface area (Å²) < 4.78 is 10.3. The first-order valence-corrected chi connectivity index (χ1v) is 4.73. The summed E-state index contributed by atoms with van der Waals surface area (Å²) in [6.45, 7) is 1.11. The lowest BCUT2D eigenvalue weighted by molar-refractivity contribution is 0.233. The Balaban J connectivity index is 2.35. The van der Waals surface area contributed by atoms with Crippen LogP contribution in [0.1, 0.15) is 0 Å². The molecule has 0 fully saturated rings. The molecule has 0 amide bonds. The molecule has 0 aromatic heterocycles. The molecular formula is C11H13ClO2. The maximum Gasteiger partial charge on any atom is 0.138 e. The molecule has 0 aliphatic carbocycles. The summed E-state index contributed by atoms with van der Waals surface area (Å²) in [5.41, 5.74) is 0. The maximum atomic E-state index is 5.89. The third kappa shape index (κ3) is 3.81. The summed E-state index contributed by atoms with van der Waals surface area (Å²) in [5, 5.41) is 0.632. The zero-order valence-electron chi connectivity index (χ0n) is 8.07. The van der Waals surface area contributed by atoms with Gasteiger partial charge in [-0.25, -0.2) is 0 Å². The van der Waals surface area contributed by atoms with Gasteiger partial charge < -0.3 is 9.47 Å². The van der Waals surface area contributed by atoms with Crippen molar-refractivity contribution in [2.45, 2.75) is 0 Å². The van der Waals surface area contributed by atoms with E-state index in [1.807, 2.05) is 30.4 Å². The summed E-state index contributed by atoms with van der Waals surface area (Å²) in [4.78, 5) is 0. The van der Waals surface area contributed by atoms with Crippen molar-refractivity contribution in [3.8, 4) is 5.75 Å². The lowest BCUT2D eigenvalue weighted by atomic mass is 10.3. The molecule has 1 rings (SSSR count). The van der Waals surface area contributed by atoms with E-state index in [1.165, 1.54) is 0 Å². The molecule has 0 N–H and O–H groups in total. The van der Waals surface area contributed by atoms with Gasteiger partial charge in [-0.05, 0) is 18.2 Å². The molecule has 3 heteroatoms. The van der Waals surface area contributed by atoms with Crippen molar-refractivity contribution < 1.29 is 9.47 Å². The van der Waals surface area contributed by atoms with Gasteiger partial charge in [-0.1, -0.05) is 29.8 Å². The second kappa shape index (κ2) is 6.46. The third-order valence-corrected chi connectivity index (χ3v) is 1.91. The molecule has 0 saturated heterocycles.